The molecule has 1 aromatic rings. The van der Waals surface area contributed by atoms with Crippen LogP contribution in [0.15, 0.2) is 4.90 Å². The summed E-state index contributed by atoms with van der Waals surface area (Å²) in [6.07, 6.45) is 0.904. The predicted molar refractivity (Wildman–Crippen MR) is 83.5 cm³/mol. The first-order valence-electron chi connectivity index (χ1n) is 7.12. The third-order valence-corrected chi connectivity index (χ3v) is 4.72. The first-order valence-corrected chi connectivity index (χ1v) is 8.60. The molecule has 0 aromatic carbocycles. The van der Waals surface area contributed by atoms with E-state index in [1.807, 2.05) is 0 Å². The molecule has 21 heavy (non-hydrogen) atoms. The molecule has 8 heteroatoms. The van der Waals surface area contributed by atoms with Crippen LogP contribution in [0.4, 0.5) is 0 Å². The summed E-state index contributed by atoms with van der Waals surface area (Å²) in [6.45, 7) is 9.29. The van der Waals surface area contributed by atoms with Crippen molar-refractivity contribution in [1.82, 2.24) is 24.9 Å². The molecule has 0 spiro atoms. The van der Waals surface area contributed by atoms with Crippen LogP contribution < -0.4 is 10.1 Å². The molecule has 2 N–H and O–H groups in total. The molecule has 7 nitrogen and oxygen atoms in total. The lowest BCUT2D eigenvalue weighted by Crippen LogP contribution is -2.36. The lowest BCUT2D eigenvalue weighted by Gasteiger charge is -2.13. The van der Waals surface area contributed by atoms with Crippen LogP contribution >= 0.6 is 0 Å². The molecule has 0 saturated carbocycles. The van der Waals surface area contributed by atoms with Gasteiger partial charge in [0.15, 0.2) is 0 Å². The van der Waals surface area contributed by atoms with Gasteiger partial charge in [-0.2, -0.15) is 5.10 Å². The number of nitrogens with zero attached hydrogens (tertiary/aromatic N) is 3. The first kappa shape index (κ1) is 18.1. The van der Waals surface area contributed by atoms with E-state index in [4.69, 9.17) is 0 Å². The fourth-order valence-corrected chi connectivity index (χ4v) is 3.69. The van der Waals surface area contributed by atoms with Gasteiger partial charge in [0.05, 0.1) is 11.4 Å². The van der Waals surface area contributed by atoms with Crippen molar-refractivity contribution >= 4 is 10.0 Å². The number of aryl methyl sites for hydroxylation is 2. The van der Waals surface area contributed by atoms with Crippen LogP contribution in [0.25, 0.3) is 0 Å². The monoisotopic (exact) mass is 317 g/mol. The summed E-state index contributed by atoms with van der Waals surface area (Å²) in [6, 6.07) is 0.450. The third-order valence-electron chi connectivity index (χ3n) is 2.99. The highest BCUT2D eigenvalue weighted by atomic mass is 32.2. The number of hydrogen-bond acceptors (Lipinski definition) is 5. The Bertz CT molecular complexity index is 563. The van der Waals surface area contributed by atoms with Gasteiger partial charge in [-0.05, 0) is 26.8 Å². The maximum atomic E-state index is 12.3. The second-order valence-electron chi connectivity index (χ2n) is 5.67. The maximum Gasteiger partial charge on any atom is 0.257 e. The number of nitrogens with one attached hydrogen (secondary N) is 2. The smallest absolute Gasteiger partial charge is 0.257 e. The van der Waals surface area contributed by atoms with Crippen molar-refractivity contribution in [2.24, 2.45) is 0 Å². The number of hydrogen-bond donors (Lipinski definition) is 2. The van der Waals surface area contributed by atoms with Crippen LogP contribution in [0, 0.1) is 13.8 Å². The maximum absolute atomic E-state index is 12.3. The number of aromatic nitrogens is 2. The van der Waals surface area contributed by atoms with Gasteiger partial charge >= 0.3 is 0 Å². The van der Waals surface area contributed by atoms with Crippen molar-refractivity contribution < 1.29 is 8.42 Å². The van der Waals surface area contributed by atoms with Crippen LogP contribution in [0.1, 0.15) is 31.7 Å². The minimum absolute atomic E-state index is 0.271. The summed E-state index contributed by atoms with van der Waals surface area (Å²) in [5, 5.41) is 9.10. The standard InChI is InChI=1S/C13H27N5O2S/c1-10(2)14-8-7-9-18-12(4)13(11(3)15-18)21(19,20)16-17(5)6/h10,14,16H,7-9H2,1-6H3. The summed E-state index contributed by atoms with van der Waals surface area (Å²) >= 11 is 0. The van der Waals surface area contributed by atoms with Crippen LogP contribution in [0.3, 0.4) is 0 Å². The number of hydrazine groups is 1. The molecule has 0 bridgehead atoms. The first-order chi connectivity index (χ1) is 9.65. The van der Waals surface area contributed by atoms with Crippen molar-refractivity contribution in [2.45, 2.75) is 51.6 Å². The van der Waals surface area contributed by atoms with Crippen molar-refractivity contribution in [1.29, 1.82) is 0 Å². The normalized spacial score (nSPS) is 12.6. The summed E-state index contributed by atoms with van der Waals surface area (Å²) in [7, 11) is -0.281. The van der Waals surface area contributed by atoms with E-state index < -0.39 is 10.0 Å². The van der Waals surface area contributed by atoms with E-state index in [1.54, 1.807) is 32.6 Å². The molecule has 0 aliphatic heterocycles. The number of sulfonamides is 1. The fraction of sp³-hybridized carbons (Fsp3) is 0.769. The van der Waals surface area contributed by atoms with E-state index in [0.29, 0.717) is 24.0 Å². The van der Waals surface area contributed by atoms with E-state index in [1.165, 1.54) is 5.01 Å². The lowest BCUT2D eigenvalue weighted by molar-refractivity contribution is 0.363. The predicted octanol–water partition coefficient (Wildman–Crippen LogP) is 0.643. The third kappa shape index (κ3) is 5.06. The molecule has 0 aliphatic rings. The fourth-order valence-electron chi connectivity index (χ4n) is 2.19. The van der Waals surface area contributed by atoms with Crippen LogP contribution in [-0.4, -0.2) is 49.9 Å². The van der Waals surface area contributed by atoms with Gasteiger partial charge in [0.1, 0.15) is 4.90 Å². The van der Waals surface area contributed by atoms with Crippen LogP contribution in [-0.2, 0) is 16.6 Å². The molecule has 0 fully saturated rings. The quantitative estimate of drug-likeness (QED) is 0.543. The highest BCUT2D eigenvalue weighted by Gasteiger charge is 2.24. The van der Waals surface area contributed by atoms with Crippen LogP contribution in [0.2, 0.25) is 0 Å². The minimum atomic E-state index is -3.57. The van der Waals surface area contributed by atoms with Gasteiger partial charge in [0.25, 0.3) is 10.0 Å². The van der Waals surface area contributed by atoms with Gasteiger partial charge in [-0.3, -0.25) is 4.68 Å². The van der Waals surface area contributed by atoms with E-state index >= 15 is 0 Å². The summed E-state index contributed by atoms with van der Waals surface area (Å²) in [5.74, 6) is 0. The van der Waals surface area contributed by atoms with Crippen molar-refractivity contribution in [3.05, 3.63) is 11.4 Å². The Balaban J connectivity index is 2.85. The molecular weight excluding hydrogens is 290 g/mol. The summed E-state index contributed by atoms with van der Waals surface area (Å²) in [4.78, 5) is 2.72. The Morgan fingerprint density at radius 3 is 2.43 bits per heavy atom. The van der Waals surface area contributed by atoms with Crippen molar-refractivity contribution in [3.8, 4) is 0 Å². The Morgan fingerprint density at radius 1 is 1.29 bits per heavy atom. The average molecular weight is 317 g/mol. The van der Waals surface area contributed by atoms with E-state index in [-0.39, 0.29) is 4.90 Å². The van der Waals surface area contributed by atoms with Gasteiger partial charge in [0, 0.05) is 26.7 Å². The minimum Gasteiger partial charge on any atom is -0.314 e. The van der Waals surface area contributed by atoms with Crippen molar-refractivity contribution in [3.63, 3.8) is 0 Å². The Morgan fingerprint density at radius 2 is 1.90 bits per heavy atom. The van der Waals surface area contributed by atoms with E-state index in [9.17, 15) is 8.42 Å². The Hall–Kier alpha value is -0.960. The Labute approximate surface area is 127 Å². The zero-order valence-electron chi connectivity index (χ0n) is 13.8. The van der Waals surface area contributed by atoms with Gasteiger partial charge in [0.2, 0.25) is 0 Å². The molecule has 1 heterocycles. The van der Waals surface area contributed by atoms with Crippen molar-refractivity contribution in [2.75, 3.05) is 20.6 Å². The van der Waals surface area contributed by atoms with E-state index in [0.717, 1.165) is 13.0 Å². The molecule has 0 amide bonds. The molecule has 122 valence electrons. The largest absolute Gasteiger partial charge is 0.314 e. The molecule has 0 aliphatic carbocycles. The molecule has 0 unspecified atom stereocenters. The van der Waals surface area contributed by atoms with Gasteiger partial charge < -0.3 is 5.32 Å². The van der Waals surface area contributed by atoms with Gasteiger partial charge in [-0.25, -0.2) is 13.4 Å². The lowest BCUT2D eigenvalue weighted by atomic mass is 10.3. The Kier molecular flexibility index (Phi) is 6.33. The number of rotatable bonds is 8. The molecule has 0 atom stereocenters. The SMILES string of the molecule is Cc1nn(CCCNC(C)C)c(C)c1S(=O)(=O)NN(C)C. The van der Waals surface area contributed by atoms with Gasteiger partial charge in [-0.1, -0.05) is 13.8 Å². The molecular formula is C13H27N5O2S. The molecule has 0 radical (unpaired) electrons. The zero-order chi connectivity index (χ0) is 16.2. The molecule has 1 rings (SSSR count). The van der Waals surface area contributed by atoms with Crippen LogP contribution in [0.5, 0.6) is 0 Å². The van der Waals surface area contributed by atoms with Gasteiger partial charge in [-0.15, -0.1) is 4.83 Å². The van der Waals surface area contributed by atoms with E-state index in [2.05, 4.69) is 29.1 Å². The average Bonchev–Trinajstić information content (AvgIpc) is 2.58. The second kappa shape index (κ2) is 7.35. The topological polar surface area (TPSA) is 79.3 Å². The second-order valence-corrected chi connectivity index (χ2v) is 7.27. The summed E-state index contributed by atoms with van der Waals surface area (Å²) in [5.41, 5.74) is 1.20. The molecule has 1 aromatic heterocycles. The zero-order valence-corrected chi connectivity index (χ0v) is 14.6. The highest BCUT2D eigenvalue weighted by molar-refractivity contribution is 7.89. The molecule has 0 saturated heterocycles. The highest BCUT2D eigenvalue weighted by Crippen LogP contribution is 2.19. The summed E-state index contributed by atoms with van der Waals surface area (Å²) < 4.78 is 26.4.